The molecular formula is C17H13ClFN5. The first-order valence-electron chi connectivity index (χ1n) is 7.40. The fourth-order valence-electron chi connectivity index (χ4n) is 2.75. The van der Waals surface area contributed by atoms with E-state index in [-0.39, 0.29) is 11.3 Å². The van der Waals surface area contributed by atoms with E-state index in [1.165, 1.54) is 6.07 Å². The summed E-state index contributed by atoms with van der Waals surface area (Å²) in [5.41, 5.74) is 4.78. The summed E-state index contributed by atoms with van der Waals surface area (Å²) < 4.78 is 15.6. The molecule has 3 heterocycles. The molecule has 7 heteroatoms. The van der Waals surface area contributed by atoms with E-state index in [1.807, 2.05) is 13.8 Å². The smallest absolute Gasteiger partial charge is 0.157 e. The Morgan fingerprint density at radius 1 is 1.00 bits per heavy atom. The van der Waals surface area contributed by atoms with Crippen molar-refractivity contribution in [2.75, 3.05) is 0 Å². The summed E-state index contributed by atoms with van der Waals surface area (Å²) in [6.45, 7) is 5.47. The number of rotatable bonds is 1. The second-order valence-electron chi connectivity index (χ2n) is 5.79. The standard InChI is InChI=1S/C17H13ClFN5/c1-8-4-11(19)17-12(5-8)22-16(10(3)21-17)13-7-15-20-9(2)6-14(18)24(15)23-13/h4-7H,1-3H3. The number of nitrogens with zero attached hydrogens (tertiary/aromatic N) is 5. The van der Waals surface area contributed by atoms with Crippen LogP contribution in [0.25, 0.3) is 28.1 Å². The Bertz CT molecular complexity index is 1120. The summed E-state index contributed by atoms with van der Waals surface area (Å²) in [6.07, 6.45) is 0. The Labute approximate surface area is 142 Å². The first-order valence-corrected chi connectivity index (χ1v) is 7.78. The lowest BCUT2D eigenvalue weighted by atomic mass is 10.1. The number of benzene rings is 1. The van der Waals surface area contributed by atoms with E-state index in [0.29, 0.717) is 33.4 Å². The minimum atomic E-state index is -0.373. The van der Waals surface area contributed by atoms with Crippen molar-refractivity contribution in [2.45, 2.75) is 20.8 Å². The van der Waals surface area contributed by atoms with Crippen molar-refractivity contribution in [1.82, 2.24) is 24.6 Å². The van der Waals surface area contributed by atoms with Gasteiger partial charge in [0.1, 0.15) is 22.1 Å². The minimum Gasteiger partial charge on any atom is -0.246 e. The normalized spacial score (nSPS) is 11.5. The van der Waals surface area contributed by atoms with Gasteiger partial charge in [0.2, 0.25) is 0 Å². The third-order valence-electron chi connectivity index (χ3n) is 3.80. The molecule has 0 spiro atoms. The topological polar surface area (TPSA) is 56.0 Å². The van der Waals surface area contributed by atoms with Gasteiger partial charge in [-0.05, 0) is 44.5 Å². The summed E-state index contributed by atoms with van der Waals surface area (Å²) in [6, 6.07) is 6.80. The van der Waals surface area contributed by atoms with Gasteiger partial charge in [-0.3, -0.25) is 0 Å². The van der Waals surface area contributed by atoms with Crippen molar-refractivity contribution in [3.8, 4) is 11.4 Å². The molecule has 0 N–H and O–H groups in total. The van der Waals surface area contributed by atoms with Gasteiger partial charge in [0, 0.05) is 11.8 Å². The Kier molecular flexibility index (Phi) is 3.25. The molecule has 0 bridgehead atoms. The highest BCUT2D eigenvalue weighted by molar-refractivity contribution is 6.29. The van der Waals surface area contributed by atoms with Crippen molar-refractivity contribution in [3.05, 3.63) is 52.2 Å². The minimum absolute atomic E-state index is 0.262. The second-order valence-corrected chi connectivity index (χ2v) is 6.18. The lowest BCUT2D eigenvalue weighted by Crippen LogP contribution is -1.98. The monoisotopic (exact) mass is 341 g/mol. The molecule has 0 amide bonds. The van der Waals surface area contributed by atoms with E-state index in [9.17, 15) is 4.39 Å². The summed E-state index contributed by atoms with van der Waals surface area (Å²) in [4.78, 5) is 13.3. The van der Waals surface area contributed by atoms with Gasteiger partial charge in [-0.15, -0.1) is 0 Å². The molecule has 3 aromatic heterocycles. The van der Waals surface area contributed by atoms with Crippen LogP contribution in [0, 0.1) is 26.6 Å². The number of halogens is 2. The van der Waals surface area contributed by atoms with E-state index >= 15 is 0 Å². The van der Waals surface area contributed by atoms with E-state index in [1.54, 1.807) is 29.6 Å². The molecule has 120 valence electrons. The van der Waals surface area contributed by atoms with Crippen LogP contribution in [0.5, 0.6) is 0 Å². The highest BCUT2D eigenvalue weighted by Gasteiger charge is 2.15. The largest absolute Gasteiger partial charge is 0.246 e. The van der Waals surface area contributed by atoms with Crippen LogP contribution in [0.4, 0.5) is 4.39 Å². The Hall–Kier alpha value is -2.60. The molecular weight excluding hydrogens is 329 g/mol. The fourth-order valence-corrected chi connectivity index (χ4v) is 3.03. The number of aromatic nitrogens is 5. The summed E-state index contributed by atoms with van der Waals surface area (Å²) in [7, 11) is 0. The average Bonchev–Trinajstić information content (AvgIpc) is 2.91. The highest BCUT2D eigenvalue weighted by atomic mass is 35.5. The zero-order valence-electron chi connectivity index (χ0n) is 13.3. The maximum atomic E-state index is 14.1. The molecule has 0 atom stereocenters. The molecule has 1 aromatic carbocycles. The van der Waals surface area contributed by atoms with Crippen LogP contribution < -0.4 is 0 Å². The quantitative estimate of drug-likeness (QED) is 0.490. The Balaban J connectivity index is 1.99. The van der Waals surface area contributed by atoms with Crippen LogP contribution in [0.15, 0.2) is 24.3 Å². The Morgan fingerprint density at radius 3 is 2.58 bits per heavy atom. The molecule has 0 aliphatic heterocycles. The third kappa shape index (κ3) is 2.30. The molecule has 5 nitrogen and oxygen atoms in total. The van der Waals surface area contributed by atoms with Gasteiger partial charge in [-0.25, -0.2) is 23.9 Å². The van der Waals surface area contributed by atoms with Crippen LogP contribution in [-0.4, -0.2) is 24.6 Å². The molecule has 0 unspecified atom stereocenters. The zero-order valence-corrected chi connectivity index (χ0v) is 14.1. The van der Waals surface area contributed by atoms with Gasteiger partial charge in [0.15, 0.2) is 11.5 Å². The molecule has 4 rings (SSSR count). The van der Waals surface area contributed by atoms with Crippen molar-refractivity contribution in [2.24, 2.45) is 0 Å². The lowest BCUT2D eigenvalue weighted by molar-refractivity contribution is 0.635. The van der Waals surface area contributed by atoms with Crippen molar-refractivity contribution in [1.29, 1.82) is 0 Å². The maximum Gasteiger partial charge on any atom is 0.157 e. The van der Waals surface area contributed by atoms with Crippen LogP contribution in [0.2, 0.25) is 5.15 Å². The van der Waals surface area contributed by atoms with E-state index in [2.05, 4.69) is 20.1 Å². The Morgan fingerprint density at radius 2 is 1.79 bits per heavy atom. The molecule has 0 saturated heterocycles. The molecule has 4 aromatic rings. The molecule has 0 radical (unpaired) electrons. The van der Waals surface area contributed by atoms with E-state index in [4.69, 9.17) is 11.6 Å². The van der Waals surface area contributed by atoms with Crippen molar-refractivity contribution < 1.29 is 4.39 Å². The van der Waals surface area contributed by atoms with Gasteiger partial charge in [-0.1, -0.05) is 11.6 Å². The molecule has 24 heavy (non-hydrogen) atoms. The van der Waals surface area contributed by atoms with Gasteiger partial charge < -0.3 is 0 Å². The predicted octanol–water partition coefficient (Wildman–Crippen LogP) is 4.06. The summed E-state index contributed by atoms with van der Waals surface area (Å²) >= 11 is 6.21. The third-order valence-corrected chi connectivity index (χ3v) is 4.07. The first kappa shape index (κ1) is 15.0. The number of hydrogen-bond donors (Lipinski definition) is 0. The second kappa shape index (κ2) is 5.21. The predicted molar refractivity (Wildman–Crippen MR) is 90.7 cm³/mol. The number of hydrogen-bond acceptors (Lipinski definition) is 4. The first-order chi connectivity index (χ1) is 11.4. The fraction of sp³-hybridized carbons (Fsp3) is 0.176. The van der Waals surface area contributed by atoms with Gasteiger partial charge in [0.25, 0.3) is 0 Å². The average molecular weight is 342 g/mol. The summed E-state index contributed by atoms with van der Waals surface area (Å²) in [5.74, 6) is -0.373. The van der Waals surface area contributed by atoms with Crippen molar-refractivity contribution >= 4 is 28.3 Å². The van der Waals surface area contributed by atoms with Crippen LogP contribution >= 0.6 is 11.6 Å². The van der Waals surface area contributed by atoms with Gasteiger partial charge >= 0.3 is 0 Å². The summed E-state index contributed by atoms with van der Waals surface area (Å²) in [5, 5.41) is 4.93. The zero-order chi connectivity index (χ0) is 17.0. The van der Waals surface area contributed by atoms with Crippen LogP contribution in [0.1, 0.15) is 17.0 Å². The molecule has 0 saturated carbocycles. The van der Waals surface area contributed by atoms with E-state index < -0.39 is 0 Å². The van der Waals surface area contributed by atoms with Crippen molar-refractivity contribution in [3.63, 3.8) is 0 Å². The van der Waals surface area contributed by atoms with E-state index in [0.717, 1.165) is 11.3 Å². The molecule has 0 fully saturated rings. The van der Waals surface area contributed by atoms with Gasteiger partial charge in [-0.2, -0.15) is 5.10 Å². The molecule has 0 aliphatic rings. The van der Waals surface area contributed by atoms with Gasteiger partial charge in [0.05, 0.1) is 11.2 Å². The number of aryl methyl sites for hydroxylation is 3. The van der Waals surface area contributed by atoms with Crippen LogP contribution in [0.3, 0.4) is 0 Å². The van der Waals surface area contributed by atoms with Crippen LogP contribution in [-0.2, 0) is 0 Å². The number of fused-ring (bicyclic) bond motifs is 2. The highest BCUT2D eigenvalue weighted by Crippen LogP contribution is 2.25. The lowest BCUT2D eigenvalue weighted by Gasteiger charge is -2.06. The SMILES string of the molecule is Cc1cc(F)c2nc(C)c(-c3cc4nc(C)cc(Cl)n4n3)nc2c1. The molecule has 0 aliphatic carbocycles. The maximum absolute atomic E-state index is 14.1.